The number of amides is 1. The molecule has 2 bridgehead atoms. The number of hydrogen-bond donors (Lipinski definition) is 0. The summed E-state index contributed by atoms with van der Waals surface area (Å²) in [7, 11) is 0. The molecular formula is C20H21NO. The van der Waals surface area contributed by atoms with Gasteiger partial charge >= 0.3 is 0 Å². The van der Waals surface area contributed by atoms with E-state index in [0.29, 0.717) is 0 Å². The van der Waals surface area contributed by atoms with E-state index in [4.69, 9.17) is 0 Å². The van der Waals surface area contributed by atoms with Gasteiger partial charge in [-0.25, -0.2) is 0 Å². The number of rotatable bonds is 1. The predicted molar refractivity (Wildman–Crippen MR) is 87.5 cm³/mol. The summed E-state index contributed by atoms with van der Waals surface area (Å²) in [4.78, 5) is 15.1. The first-order valence-corrected chi connectivity index (χ1v) is 8.06. The molecule has 22 heavy (non-hydrogen) atoms. The van der Waals surface area contributed by atoms with Gasteiger partial charge in [-0.05, 0) is 35.6 Å². The van der Waals surface area contributed by atoms with Gasteiger partial charge in [0.2, 0.25) is 5.91 Å². The van der Waals surface area contributed by atoms with Gasteiger partial charge in [-0.15, -0.1) is 0 Å². The molecular weight excluding hydrogens is 270 g/mol. The van der Waals surface area contributed by atoms with Gasteiger partial charge in [0.1, 0.15) is 0 Å². The Labute approximate surface area is 131 Å². The van der Waals surface area contributed by atoms with Crippen molar-refractivity contribution in [2.24, 2.45) is 5.92 Å². The molecule has 2 aliphatic heterocycles. The summed E-state index contributed by atoms with van der Waals surface area (Å²) in [5.41, 5.74) is 4.93. The Morgan fingerprint density at radius 2 is 1.73 bits per heavy atom. The van der Waals surface area contributed by atoms with Crippen LogP contribution >= 0.6 is 0 Å². The molecule has 0 radical (unpaired) electrons. The van der Waals surface area contributed by atoms with Gasteiger partial charge in [-0.1, -0.05) is 62.4 Å². The molecule has 0 spiro atoms. The Kier molecular flexibility index (Phi) is 2.75. The van der Waals surface area contributed by atoms with Crippen LogP contribution in [0.3, 0.4) is 0 Å². The molecule has 0 N–H and O–H groups in total. The third kappa shape index (κ3) is 1.53. The first kappa shape index (κ1) is 13.6. The van der Waals surface area contributed by atoms with Gasteiger partial charge in [0.15, 0.2) is 0 Å². The van der Waals surface area contributed by atoms with Crippen molar-refractivity contribution in [1.82, 2.24) is 4.90 Å². The Hall–Kier alpha value is -2.09. The van der Waals surface area contributed by atoms with E-state index in [9.17, 15) is 4.79 Å². The zero-order valence-electron chi connectivity index (χ0n) is 13.3. The van der Waals surface area contributed by atoms with Crippen LogP contribution in [0.15, 0.2) is 48.5 Å². The highest BCUT2D eigenvalue weighted by atomic mass is 16.2. The minimum absolute atomic E-state index is 0.0152. The zero-order chi connectivity index (χ0) is 15.5. The molecule has 2 heteroatoms. The average molecular weight is 291 g/mol. The number of carbonyl (C=O) groups is 1. The lowest BCUT2D eigenvalue weighted by molar-refractivity contribution is -0.142. The lowest BCUT2D eigenvalue weighted by atomic mass is 9.80. The van der Waals surface area contributed by atoms with Crippen LogP contribution in [0.5, 0.6) is 0 Å². The minimum atomic E-state index is -0.336. The van der Waals surface area contributed by atoms with Crippen LogP contribution in [0.1, 0.15) is 49.1 Å². The summed E-state index contributed by atoms with van der Waals surface area (Å²) in [5.74, 6) is 0.264. The molecule has 2 aromatic rings. The lowest BCUT2D eigenvalue weighted by Crippen LogP contribution is -2.50. The van der Waals surface area contributed by atoms with E-state index in [1.807, 2.05) is 13.8 Å². The molecule has 2 heterocycles. The molecule has 2 nitrogen and oxygen atoms in total. The van der Waals surface area contributed by atoms with E-state index in [1.165, 1.54) is 22.3 Å². The third-order valence-corrected chi connectivity index (χ3v) is 5.32. The van der Waals surface area contributed by atoms with Crippen molar-refractivity contribution in [2.75, 3.05) is 0 Å². The largest absolute Gasteiger partial charge is 0.321 e. The van der Waals surface area contributed by atoms with E-state index in [0.717, 1.165) is 6.42 Å². The van der Waals surface area contributed by atoms with E-state index in [-0.39, 0.29) is 23.4 Å². The Bertz CT molecular complexity index is 751. The van der Waals surface area contributed by atoms with Gasteiger partial charge in [0, 0.05) is 5.92 Å². The van der Waals surface area contributed by atoms with Crippen LogP contribution in [-0.2, 0) is 16.8 Å². The van der Waals surface area contributed by atoms with Gasteiger partial charge in [-0.2, -0.15) is 0 Å². The molecule has 2 atom stereocenters. The maximum Gasteiger partial charge on any atom is 0.226 e. The zero-order valence-corrected chi connectivity index (χ0v) is 13.3. The molecule has 112 valence electrons. The fraction of sp³-hybridized carbons (Fsp3) is 0.350. The first-order valence-electron chi connectivity index (χ1n) is 8.06. The normalized spacial score (nSPS) is 25.1. The molecule has 0 saturated carbocycles. The topological polar surface area (TPSA) is 20.3 Å². The van der Waals surface area contributed by atoms with Gasteiger partial charge in [0.05, 0.1) is 11.6 Å². The SMILES string of the molecule is CC(C)C(=O)N1C2Cc3ccccc3C1(C)c1ccccc12. The van der Waals surface area contributed by atoms with Crippen molar-refractivity contribution in [3.05, 3.63) is 70.8 Å². The van der Waals surface area contributed by atoms with Crippen molar-refractivity contribution in [3.63, 3.8) is 0 Å². The molecule has 4 rings (SSSR count). The van der Waals surface area contributed by atoms with E-state index in [1.54, 1.807) is 0 Å². The van der Waals surface area contributed by atoms with E-state index < -0.39 is 0 Å². The van der Waals surface area contributed by atoms with Crippen molar-refractivity contribution < 1.29 is 4.79 Å². The summed E-state index contributed by atoms with van der Waals surface area (Å²) < 4.78 is 0. The molecule has 1 amide bonds. The van der Waals surface area contributed by atoms with Crippen LogP contribution in [0.4, 0.5) is 0 Å². The van der Waals surface area contributed by atoms with Gasteiger partial charge in [-0.3, -0.25) is 4.79 Å². The summed E-state index contributed by atoms with van der Waals surface area (Å²) >= 11 is 0. The van der Waals surface area contributed by atoms with Crippen LogP contribution in [0.25, 0.3) is 0 Å². The van der Waals surface area contributed by atoms with Gasteiger partial charge in [0.25, 0.3) is 0 Å². The molecule has 0 fully saturated rings. The molecule has 2 unspecified atom stereocenters. The minimum Gasteiger partial charge on any atom is -0.321 e. The fourth-order valence-corrected chi connectivity index (χ4v) is 4.32. The van der Waals surface area contributed by atoms with Crippen molar-refractivity contribution in [1.29, 1.82) is 0 Å². The van der Waals surface area contributed by atoms with Crippen LogP contribution < -0.4 is 0 Å². The number of fused-ring (bicyclic) bond motifs is 7. The number of hydrogen-bond acceptors (Lipinski definition) is 1. The van der Waals surface area contributed by atoms with Gasteiger partial charge < -0.3 is 4.90 Å². The molecule has 2 aromatic carbocycles. The Morgan fingerprint density at radius 1 is 1.09 bits per heavy atom. The van der Waals surface area contributed by atoms with Crippen molar-refractivity contribution in [3.8, 4) is 0 Å². The average Bonchev–Trinajstić information content (AvgIpc) is 2.71. The van der Waals surface area contributed by atoms with E-state index >= 15 is 0 Å². The highest BCUT2D eigenvalue weighted by Crippen LogP contribution is 2.55. The summed E-state index contributed by atoms with van der Waals surface area (Å²) in [6.45, 7) is 6.21. The smallest absolute Gasteiger partial charge is 0.226 e. The second-order valence-corrected chi connectivity index (χ2v) is 6.90. The van der Waals surface area contributed by atoms with Crippen molar-refractivity contribution >= 4 is 5.91 Å². The summed E-state index contributed by atoms with van der Waals surface area (Å²) in [6.07, 6.45) is 0.918. The molecule has 0 aromatic heterocycles. The van der Waals surface area contributed by atoms with E-state index in [2.05, 4.69) is 60.4 Å². The summed E-state index contributed by atoms with van der Waals surface area (Å²) in [5, 5.41) is 0. The van der Waals surface area contributed by atoms with Crippen LogP contribution in [0, 0.1) is 5.92 Å². The Balaban J connectivity index is 2.01. The van der Waals surface area contributed by atoms with Crippen LogP contribution in [0.2, 0.25) is 0 Å². The molecule has 0 saturated heterocycles. The maximum absolute atomic E-state index is 13.0. The fourth-order valence-electron chi connectivity index (χ4n) is 4.32. The van der Waals surface area contributed by atoms with Crippen LogP contribution in [-0.4, -0.2) is 10.8 Å². The highest BCUT2D eigenvalue weighted by molar-refractivity contribution is 5.82. The number of nitrogens with zero attached hydrogens (tertiary/aromatic N) is 1. The number of carbonyl (C=O) groups excluding carboxylic acids is 1. The second kappa shape index (κ2) is 4.45. The predicted octanol–water partition coefficient (Wildman–Crippen LogP) is 4.05. The summed E-state index contributed by atoms with van der Waals surface area (Å²) in [6, 6.07) is 17.3. The molecule has 2 aliphatic rings. The molecule has 0 aliphatic carbocycles. The quantitative estimate of drug-likeness (QED) is 0.776. The Morgan fingerprint density at radius 3 is 2.45 bits per heavy atom. The maximum atomic E-state index is 13.0. The lowest BCUT2D eigenvalue weighted by Gasteiger charge is -2.45. The monoisotopic (exact) mass is 291 g/mol. The second-order valence-electron chi connectivity index (χ2n) is 6.90. The number of benzene rings is 2. The third-order valence-electron chi connectivity index (χ3n) is 5.32. The first-order chi connectivity index (χ1) is 10.5. The standard InChI is InChI=1S/C20H21NO/c1-13(2)19(22)21-18-12-14-8-4-6-10-16(14)20(21,3)17-11-7-5-9-15(17)18/h4-11,13,18H,12H2,1-3H3. The van der Waals surface area contributed by atoms with Crippen molar-refractivity contribution in [2.45, 2.75) is 38.8 Å². The highest BCUT2D eigenvalue weighted by Gasteiger charge is 2.54.